The van der Waals surface area contributed by atoms with Crippen LogP contribution in [0.3, 0.4) is 0 Å². The van der Waals surface area contributed by atoms with Gasteiger partial charge in [-0.2, -0.15) is 0 Å². The van der Waals surface area contributed by atoms with Crippen molar-refractivity contribution in [2.24, 2.45) is 0 Å². The molecule has 0 fully saturated rings. The minimum atomic E-state index is -0.558. The third-order valence-electron chi connectivity index (χ3n) is 5.30. The fraction of sp³-hybridized carbons (Fsp3) is 0.290. The van der Waals surface area contributed by atoms with Gasteiger partial charge in [0.1, 0.15) is 12.2 Å². The molecule has 7 nitrogen and oxygen atoms in total. The van der Waals surface area contributed by atoms with Gasteiger partial charge in [0.15, 0.2) is 11.5 Å². The first kappa shape index (κ1) is 28.3. The number of carbonyl (C=O) groups excluding carboxylic acids is 2. The molecular weight excluding hydrogens is 480 g/mol. The van der Waals surface area contributed by atoms with Crippen molar-refractivity contribution in [1.29, 1.82) is 0 Å². The number of nitrogens with one attached hydrogen (secondary N) is 2. The number of methoxy groups -OCH3 is 1. The Morgan fingerprint density at radius 1 is 0.895 bits per heavy atom. The summed E-state index contributed by atoms with van der Waals surface area (Å²) < 4.78 is 16.4. The average molecular weight is 517 g/mol. The number of ether oxygens (including phenoxy) is 3. The van der Waals surface area contributed by atoms with Crippen LogP contribution in [0.4, 0.5) is 10.5 Å². The highest BCUT2D eigenvalue weighted by Gasteiger charge is 2.16. The first-order valence-corrected chi connectivity index (χ1v) is 12.5. The maximum Gasteiger partial charge on any atom is 0.407 e. The monoisotopic (exact) mass is 516 g/mol. The van der Waals surface area contributed by atoms with Crippen molar-refractivity contribution in [3.05, 3.63) is 89.0 Å². The predicted octanol–water partition coefficient (Wildman–Crippen LogP) is 6.26. The van der Waals surface area contributed by atoms with Crippen LogP contribution >= 0.6 is 0 Å². The highest BCUT2D eigenvalue weighted by molar-refractivity contribution is 5.92. The molecular formula is C31H36N2O5. The van der Waals surface area contributed by atoms with E-state index in [0.29, 0.717) is 11.5 Å². The second-order valence-corrected chi connectivity index (χ2v) is 9.86. The van der Waals surface area contributed by atoms with E-state index in [1.165, 1.54) is 5.56 Å². The van der Waals surface area contributed by atoms with E-state index in [1.54, 1.807) is 40.0 Å². The lowest BCUT2D eigenvalue weighted by molar-refractivity contribution is -0.115. The number of anilines is 1. The van der Waals surface area contributed by atoms with Crippen molar-refractivity contribution >= 4 is 29.8 Å². The van der Waals surface area contributed by atoms with E-state index in [2.05, 4.69) is 41.8 Å². The molecule has 200 valence electrons. The molecule has 0 aliphatic heterocycles. The predicted molar refractivity (Wildman–Crippen MR) is 152 cm³/mol. The van der Waals surface area contributed by atoms with Crippen molar-refractivity contribution < 1.29 is 23.8 Å². The Bertz CT molecular complexity index is 1280. The topological polar surface area (TPSA) is 85.9 Å². The first-order valence-electron chi connectivity index (χ1n) is 12.5. The van der Waals surface area contributed by atoms with E-state index < -0.39 is 11.7 Å². The van der Waals surface area contributed by atoms with Crippen molar-refractivity contribution in [2.45, 2.75) is 39.7 Å². The Morgan fingerprint density at radius 3 is 2.29 bits per heavy atom. The molecule has 0 heterocycles. The number of carbonyl (C=O) groups is 2. The average Bonchev–Trinajstić information content (AvgIpc) is 2.85. The third kappa shape index (κ3) is 9.65. The molecule has 0 saturated carbocycles. The molecule has 0 unspecified atom stereocenters. The fourth-order valence-corrected chi connectivity index (χ4v) is 3.65. The summed E-state index contributed by atoms with van der Waals surface area (Å²) in [4.78, 5) is 24.5. The van der Waals surface area contributed by atoms with E-state index >= 15 is 0 Å². The van der Waals surface area contributed by atoms with Gasteiger partial charge >= 0.3 is 6.09 Å². The van der Waals surface area contributed by atoms with E-state index in [4.69, 9.17) is 14.2 Å². The zero-order valence-corrected chi connectivity index (χ0v) is 22.7. The van der Waals surface area contributed by atoms with Gasteiger partial charge in [-0.3, -0.25) is 4.79 Å². The van der Waals surface area contributed by atoms with Crippen LogP contribution in [-0.4, -0.2) is 37.9 Å². The van der Waals surface area contributed by atoms with Gasteiger partial charge in [-0.1, -0.05) is 60.2 Å². The Hall–Kier alpha value is -4.26. The summed E-state index contributed by atoms with van der Waals surface area (Å²) in [7, 11) is 1.54. The standard InChI is InChI=1S/C31H36N2O5/c1-22-8-6-9-23(18-22)12-13-24-10-7-11-26(19-24)33-29(34)21-25-14-15-27(28(20-25)36-5)37-17-16-32-30(35)38-31(2,3)4/h6-15,18-20H,16-17,21H2,1-5H3,(H,32,35)(H,33,34). The van der Waals surface area contributed by atoms with Gasteiger partial charge < -0.3 is 24.8 Å². The van der Waals surface area contributed by atoms with Crippen LogP contribution in [0.5, 0.6) is 11.5 Å². The van der Waals surface area contributed by atoms with Crippen LogP contribution in [0.1, 0.15) is 43.0 Å². The van der Waals surface area contributed by atoms with E-state index in [-0.39, 0.29) is 25.5 Å². The SMILES string of the molecule is COc1cc(CC(=O)Nc2cccc(C=Cc3cccc(C)c3)c2)ccc1OCCNC(=O)OC(C)(C)C. The lowest BCUT2D eigenvalue weighted by Crippen LogP contribution is -2.34. The highest BCUT2D eigenvalue weighted by Crippen LogP contribution is 2.28. The summed E-state index contributed by atoms with van der Waals surface area (Å²) in [5, 5.41) is 5.61. The molecule has 0 saturated heterocycles. The number of amides is 2. The summed E-state index contributed by atoms with van der Waals surface area (Å²) in [6.07, 6.45) is 3.76. The van der Waals surface area contributed by atoms with Crippen molar-refractivity contribution in [2.75, 3.05) is 25.6 Å². The van der Waals surface area contributed by atoms with Crippen LogP contribution in [0, 0.1) is 6.92 Å². The number of aryl methyl sites for hydroxylation is 1. The molecule has 0 radical (unpaired) electrons. The number of rotatable bonds is 10. The Kier molecular flexibility index (Phi) is 9.93. The zero-order chi connectivity index (χ0) is 27.5. The van der Waals surface area contributed by atoms with Crippen molar-refractivity contribution in [3.63, 3.8) is 0 Å². The van der Waals surface area contributed by atoms with Crippen LogP contribution < -0.4 is 20.1 Å². The first-order chi connectivity index (χ1) is 18.1. The Balaban J connectivity index is 1.53. The number of alkyl carbamates (subject to hydrolysis) is 1. The maximum absolute atomic E-state index is 12.7. The fourth-order valence-electron chi connectivity index (χ4n) is 3.65. The summed E-state index contributed by atoms with van der Waals surface area (Å²) in [5.74, 6) is 0.897. The second-order valence-electron chi connectivity index (χ2n) is 9.86. The van der Waals surface area contributed by atoms with Crippen molar-refractivity contribution in [3.8, 4) is 11.5 Å². The van der Waals surface area contributed by atoms with Crippen LogP contribution in [0.25, 0.3) is 12.2 Å². The Labute approximate surface area is 224 Å². The maximum atomic E-state index is 12.7. The normalized spacial score (nSPS) is 11.2. The molecule has 2 amide bonds. The molecule has 38 heavy (non-hydrogen) atoms. The molecule has 2 N–H and O–H groups in total. The lowest BCUT2D eigenvalue weighted by atomic mass is 10.1. The van der Waals surface area contributed by atoms with Gasteiger partial charge in [-0.05, 0) is 68.7 Å². The minimum Gasteiger partial charge on any atom is -0.493 e. The molecule has 0 bridgehead atoms. The van der Waals surface area contributed by atoms with E-state index in [1.807, 2.05) is 42.5 Å². The number of hydrogen-bond donors (Lipinski definition) is 2. The van der Waals surface area contributed by atoms with Gasteiger partial charge in [0, 0.05) is 5.69 Å². The molecule has 0 aliphatic rings. The molecule has 0 atom stereocenters. The van der Waals surface area contributed by atoms with Crippen molar-refractivity contribution in [1.82, 2.24) is 5.32 Å². The molecule has 3 aromatic rings. The quantitative estimate of drug-likeness (QED) is 0.245. The molecule has 3 aromatic carbocycles. The smallest absolute Gasteiger partial charge is 0.407 e. The largest absolute Gasteiger partial charge is 0.493 e. The highest BCUT2D eigenvalue weighted by atomic mass is 16.6. The van der Waals surface area contributed by atoms with E-state index in [9.17, 15) is 9.59 Å². The summed E-state index contributed by atoms with van der Waals surface area (Å²) in [6, 6.07) is 21.3. The molecule has 3 rings (SSSR count). The summed E-state index contributed by atoms with van der Waals surface area (Å²) >= 11 is 0. The van der Waals surface area contributed by atoms with Gasteiger partial charge in [-0.25, -0.2) is 4.79 Å². The van der Waals surface area contributed by atoms with Crippen LogP contribution in [-0.2, 0) is 16.0 Å². The van der Waals surface area contributed by atoms with Crippen LogP contribution in [0.2, 0.25) is 0 Å². The summed E-state index contributed by atoms with van der Waals surface area (Å²) in [6.45, 7) is 8.00. The molecule has 7 heteroatoms. The molecule has 0 spiro atoms. The Morgan fingerprint density at radius 2 is 1.61 bits per heavy atom. The lowest BCUT2D eigenvalue weighted by Gasteiger charge is -2.19. The van der Waals surface area contributed by atoms with Gasteiger partial charge in [0.2, 0.25) is 5.91 Å². The zero-order valence-electron chi connectivity index (χ0n) is 22.7. The second kappa shape index (κ2) is 13.3. The molecule has 0 aliphatic carbocycles. The number of hydrogen-bond acceptors (Lipinski definition) is 5. The minimum absolute atomic E-state index is 0.137. The van der Waals surface area contributed by atoms with Crippen LogP contribution in [0.15, 0.2) is 66.7 Å². The third-order valence-corrected chi connectivity index (χ3v) is 5.30. The number of benzene rings is 3. The van der Waals surface area contributed by atoms with Gasteiger partial charge in [-0.15, -0.1) is 0 Å². The summed E-state index contributed by atoms with van der Waals surface area (Å²) in [5.41, 5.74) is 4.28. The van der Waals surface area contributed by atoms with E-state index in [0.717, 1.165) is 22.4 Å². The van der Waals surface area contributed by atoms with Gasteiger partial charge in [0.25, 0.3) is 0 Å². The molecule has 0 aromatic heterocycles. The van der Waals surface area contributed by atoms with Gasteiger partial charge in [0.05, 0.1) is 20.1 Å².